The summed E-state index contributed by atoms with van der Waals surface area (Å²) in [5, 5.41) is 13.3. The first-order valence-corrected chi connectivity index (χ1v) is 15.9. The molecule has 10 heteroatoms. The molecule has 0 spiro atoms. The number of para-hydroxylation sites is 2. The second-order valence-corrected chi connectivity index (χ2v) is 13.0. The Balaban J connectivity index is 1.34. The molecule has 4 fully saturated rings. The molecule has 6 rings (SSSR count). The van der Waals surface area contributed by atoms with Crippen LogP contribution in [0, 0.1) is 11.8 Å². The monoisotopic (exact) mass is 577 g/mol. The van der Waals surface area contributed by atoms with Crippen molar-refractivity contribution < 1.29 is 19.5 Å². The molecule has 2 saturated heterocycles. The number of nitrogens with two attached hydrogens (primary N) is 1. The maximum atomic E-state index is 14.3. The molecular formula is C32H43N5O5. The highest BCUT2D eigenvalue weighted by Crippen LogP contribution is 2.47. The van der Waals surface area contributed by atoms with Gasteiger partial charge in [-0.15, -0.1) is 0 Å². The molecule has 4 bridgehead atoms. The molecule has 2 saturated carbocycles. The first-order chi connectivity index (χ1) is 20.4. The lowest BCUT2D eigenvalue weighted by atomic mass is 9.73. The highest BCUT2D eigenvalue weighted by Gasteiger charge is 2.45. The van der Waals surface area contributed by atoms with Gasteiger partial charge in [-0.25, -0.2) is 4.98 Å². The van der Waals surface area contributed by atoms with Gasteiger partial charge >= 0.3 is 5.97 Å². The van der Waals surface area contributed by atoms with Gasteiger partial charge in [0.05, 0.1) is 17.5 Å². The summed E-state index contributed by atoms with van der Waals surface area (Å²) in [5.41, 5.74) is 6.52. The molecule has 226 valence electrons. The minimum atomic E-state index is -1.03. The Morgan fingerprint density at radius 3 is 2.26 bits per heavy atom. The lowest BCUT2D eigenvalue weighted by Gasteiger charge is -2.54. The van der Waals surface area contributed by atoms with Crippen LogP contribution >= 0.6 is 0 Å². The van der Waals surface area contributed by atoms with Crippen molar-refractivity contribution >= 4 is 28.6 Å². The van der Waals surface area contributed by atoms with Crippen LogP contribution in [0.15, 0.2) is 34.2 Å². The molecule has 42 heavy (non-hydrogen) atoms. The van der Waals surface area contributed by atoms with Crippen LogP contribution < -0.4 is 11.3 Å². The molecule has 1 amide bonds. The summed E-state index contributed by atoms with van der Waals surface area (Å²) in [4.78, 5) is 49.5. The van der Waals surface area contributed by atoms with E-state index in [0.29, 0.717) is 23.6 Å². The van der Waals surface area contributed by atoms with Crippen molar-refractivity contribution in [2.75, 3.05) is 6.61 Å². The topological polar surface area (TPSA) is 140 Å². The van der Waals surface area contributed by atoms with Crippen LogP contribution in [-0.2, 0) is 14.4 Å². The van der Waals surface area contributed by atoms with Crippen LogP contribution in [-0.4, -0.2) is 61.9 Å². The van der Waals surface area contributed by atoms with E-state index in [9.17, 15) is 19.5 Å². The summed E-state index contributed by atoms with van der Waals surface area (Å²) in [5.74, 6) is -0.00849. The molecule has 2 aromatic rings. The van der Waals surface area contributed by atoms with Gasteiger partial charge in [-0.1, -0.05) is 49.4 Å². The van der Waals surface area contributed by atoms with E-state index in [1.807, 2.05) is 28.8 Å². The van der Waals surface area contributed by atoms with Gasteiger partial charge in [0.25, 0.3) is 11.5 Å². The quantitative estimate of drug-likeness (QED) is 0.333. The maximum absolute atomic E-state index is 14.3. The van der Waals surface area contributed by atoms with Gasteiger partial charge in [0.1, 0.15) is 5.71 Å². The lowest BCUT2D eigenvalue weighted by molar-refractivity contribution is -0.136. The molecular weight excluding hydrogens is 534 g/mol. The summed E-state index contributed by atoms with van der Waals surface area (Å²) in [6.45, 7) is -0.469. The average Bonchev–Trinajstić information content (AvgIpc) is 3.12. The third kappa shape index (κ3) is 6.09. The molecule has 0 unspecified atom stereocenters. The maximum Gasteiger partial charge on any atom is 0.303 e. The number of fused-ring (bicyclic) bond motifs is 5. The number of piperidine rings is 2. The van der Waals surface area contributed by atoms with E-state index in [1.165, 1.54) is 51.4 Å². The van der Waals surface area contributed by atoms with Crippen molar-refractivity contribution in [2.24, 2.45) is 22.7 Å². The second-order valence-electron chi connectivity index (χ2n) is 13.0. The van der Waals surface area contributed by atoms with Gasteiger partial charge in [-0.05, 0) is 68.9 Å². The van der Waals surface area contributed by atoms with Crippen molar-refractivity contribution in [3.05, 3.63) is 40.3 Å². The first kappa shape index (κ1) is 28.8. The van der Waals surface area contributed by atoms with Crippen LogP contribution in [0.25, 0.3) is 11.0 Å². The number of carboxylic acid groups (broad SMARTS) is 1. The number of rotatable bonds is 9. The third-order valence-corrected chi connectivity index (χ3v) is 10.2. The Hall–Kier alpha value is -3.27. The number of benzene rings is 1. The number of aromatic nitrogens is 2. The van der Waals surface area contributed by atoms with E-state index in [-0.39, 0.29) is 35.8 Å². The zero-order valence-electron chi connectivity index (χ0n) is 24.3. The summed E-state index contributed by atoms with van der Waals surface area (Å²) in [7, 11) is 0. The number of carboxylic acids is 1. The highest BCUT2D eigenvalue weighted by molar-refractivity contribution is 6.00. The van der Waals surface area contributed by atoms with Crippen LogP contribution in [0.3, 0.4) is 0 Å². The van der Waals surface area contributed by atoms with Crippen LogP contribution in [0.4, 0.5) is 0 Å². The molecule has 4 aliphatic rings. The SMILES string of the molecule is NC(=O)CO/N=C(\CCC(=O)O)c1nc2ccccc2n(C2C[C@H]3CCC[C@H](C2)N3C2C[C@@H]3CCCC[C@@H](C2)C3)c1=O. The lowest BCUT2D eigenvalue weighted by Crippen LogP contribution is -2.58. The molecule has 0 radical (unpaired) electrons. The Morgan fingerprint density at radius 2 is 1.60 bits per heavy atom. The van der Waals surface area contributed by atoms with Crippen molar-refractivity contribution in [2.45, 2.75) is 114 Å². The Morgan fingerprint density at radius 1 is 0.905 bits per heavy atom. The fourth-order valence-corrected chi connectivity index (χ4v) is 8.62. The fraction of sp³-hybridized carbons (Fsp3) is 0.656. The van der Waals surface area contributed by atoms with Crippen molar-refractivity contribution in [3.63, 3.8) is 0 Å². The van der Waals surface area contributed by atoms with E-state index in [1.54, 1.807) is 0 Å². The number of oxime groups is 1. The van der Waals surface area contributed by atoms with Gasteiger partial charge in [0.15, 0.2) is 12.3 Å². The third-order valence-electron chi connectivity index (χ3n) is 10.2. The number of aliphatic carboxylic acids is 1. The smallest absolute Gasteiger partial charge is 0.303 e. The molecule has 2 aliphatic carbocycles. The minimum absolute atomic E-state index is 0.00818. The number of hydrogen-bond acceptors (Lipinski definition) is 7. The van der Waals surface area contributed by atoms with Gasteiger partial charge in [-0.2, -0.15) is 0 Å². The average molecular weight is 578 g/mol. The standard InChI is InChI=1S/C32H43N5O5/c33-29(38)19-42-35-27(12-13-30(39)40)31-32(41)37(28-11-4-3-10-26(28)34-31)25-17-22-8-5-9-23(18-25)36(22)24-15-20-6-1-2-7-21(14-20)16-24/h3-4,10-11,20-25H,1-2,5-9,12-19H2,(H2,33,38)(H,39,40)/b35-27+/t20-,21-,22-,23-/m1/s1. The normalized spacial score (nSPS) is 30.0. The molecule has 2 aliphatic heterocycles. The van der Waals surface area contributed by atoms with Crippen LogP contribution in [0.1, 0.15) is 102 Å². The molecule has 3 N–H and O–H groups in total. The van der Waals surface area contributed by atoms with Crippen LogP contribution in [0.5, 0.6) is 0 Å². The van der Waals surface area contributed by atoms with E-state index in [4.69, 9.17) is 10.6 Å². The van der Waals surface area contributed by atoms with Gasteiger partial charge < -0.3 is 20.2 Å². The predicted molar refractivity (Wildman–Crippen MR) is 159 cm³/mol. The number of carbonyl (C=O) groups excluding carboxylic acids is 1. The number of primary amides is 1. The summed E-state index contributed by atoms with van der Waals surface area (Å²) >= 11 is 0. The summed E-state index contributed by atoms with van der Waals surface area (Å²) < 4.78 is 1.89. The predicted octanol–water partition coefficient (Wildman–Crippen LogP) is 4.38. The van der Waals surface area contributed by atoms with Crippen molar-refractivity contribution in [1.29, 1.82) is 0 Å². The number of amides is 1. The van der Waals surface area contributed by atoms with E-state index in [2.05, 4.69) is 15.0 Å². The number of nitrogens with zero attached hydrogens (tertiary/aromatic N) is 4. The van der Waals surface area contributed by atoms with E-state index in [0.717, 1.165) is 43.0 Å². The fourth-order valence-electron chi connectivity index (χ4n) is 8.62. The summed E-state index contributed by atoms with van der Waals surface area (Å²) in [6.07, 6.45) is 14.7. The van der Waals surface area contributed by atoms with Crippen LogP contribution in [0.2, 0.25) is 0 Å². The summed E-state index contributed by atoms with van der Waals surface area (Å²) in [6, 6.07) is 9.19. The van der Waals surface area contributed by atoms with Gasteiger partial charge in [-0.3, -0.25) is 19.3 Å². The Kier molecular flexibility index (Phi) is 8.60. The van der Waals surface area contributed by atoms with Gasteiger partial charge in [0, 0.05) is 30.6 Å². The first-order valence-electron chi connectivity index (χ1n) is 15.9. The zero-order chi connectivity index (χ0) is 29.2. The van der Waals surface area contributed by atoms with Crippen molar-refractivity contribution in [1.82, 2.24) is 14.5 Å². The molecule has 1 aromatic heterocycles. The Labute approximate surface area is 246 Å². The largest absolute Gasteiger partial charge is 0.481 e. The second kappa shape index (κ2) is 12.5. The number of carbonyl (C=O) groups is 2. The Bertz CT molecular complexity index is 1380. The van der Waals surface area contributed by atoms with Crippen molar-refractivity contribution in [3.8, 4) is 0 Å². The molecule has 1 aromatic carbocycles. The van der Waals surface area contributed by atoms with E-state index < -0.39 is 18.5 Å². The molecule has 10 nitrogen and oxygen atoms in total. The van der Waals surface area contributed by atoms with E-state index >= 15 is 0 Å². The minimum Gasteiger partial charge on any atom is -0.481 e. The highest BCUT2D eigenvalue weighted by atomic mass is 16.6. The number of hydrogen-bond donors (Lipinski definition) is 2. The molecule has 4 atom stereocenters. The molecule has 3 heterocycles. The zero-order valence-corrected chi connectivity index (χ0v) is 24.3. The van der Waals surface area contributed by atoms with Gasteiger partial charge in [0.2, 0.25) is 0 Å².